The van der Waals surface area contributed by atoms with E-state index in [1.54, 1.807) is 18.3 Å². The zero-order chi connectivity index (χ0) is 13.7. The summed E-state index contributed by atoms with van der Waals surface area (Å²) in [5.41, 5.74) is 0. The maximum absolute atomic E-state index is 13.3. The van der Waals surface area contributed by atoms with Crippen molar-refractivity contribution in [3.05, 3.63) is 42.5 Å². The molecule has 6 heteroatoms. The molecule has 0 fully saturated rings. The third kappa shape index (κ3) is 3.97. The van der Waals surface area contributed by atoms with Gasteiger partial charge in [-0.1, -0.05) is 23.9 Å². The first-order valence-corrected chi connectivity index (χ1v) is 6.81. The number of benzene rings is 1. The zero-order valence-electron chi connectivity index (χ0n) is 10.5. The van der Waals surface area contributed by atoms with Crippen LogP contribution in [0.1, 0.15) is 0 Å². The Morgan fingerprint density at radius 3 is 2.95 bits per heavy atom. The molecule has 0 amide bonds. The van der Waals surface area contributed by atoms with Crippen LogP contribution in [0.4, 0.5) is 4.39 Å². The summed E-state index contributed by atoms with van der Waals surface area (Å²) in [5.74, 6) is 0.175. The van der Waals surface area contributed by atoms with E-state index in [4.69, 9.17) is 4.74 Å². The minimum Gasteiger partial charge on any atom is -0.488 e. The molecule has 19 heavy (non-hydrogen) atoms. The Morgan fingerprint density at radius 1 is 1.47 bits per heavy atom. The van der Waals surface area contributed by atoms with E-state index in [1.165, 1.54) is 23.9 Å². The monoisotopic (exact) mass is 282 g/mol. The van der Waals surface area contributed by atoms with Crippen molar-refractivity contribution < 1.29 is 14.2 Å². The molecular weight excluding hydrogens is 267 g/mol. The van der Waals surface area contributed by atoms with Gasteiger partial charge in [0.2, 0.25) is 0 Å². The van der Waals surface area contributed by atoms with Crippen molar-refractivity contribution in [1.82, 2.24) is 9.55 Å². The van der Waals surface area contributed by atoms with E-state index in [9.17, 15) is 9.50 Å². The summed E-state index contributed by atoms with van der Waals surface area (Å²) in [7, 11) is 1.89. The number of hydrogen-bond donors (Lipinski definition) is 1. The van der Waals surface area contributed by atoms with E-state index in [-0.39, 0.29) is 12.4 Å². The summed E-state index contributed by atoms with van der Waals surface area (Å²) in [6.45, 7) is 0.0539. The van der Waals surface area contributed by atoms with Crippen LogP contribution in [0.2, 0.25) is 0 Å². The van der Waals surface area contributed by atoms with Crippen molar-refractivity contribution in [1.29, 1.82) is 0 Å². The standard InChI is InChI=1S/C13H15FN2O2S/c1-16-7-6-15-13(16)19-9-10(17)8-18-12-5-3-2-4-11(12)14/h2-7,10,17H,8-9H2,1H3/t10-/m1/s1. The third-order valence-electron chi connectivity index (χ3n) is 2.45. The predicted molar refractivity (Wildman–Crippen MR) is 71.8 cm³/mol. The lowest BCUT2D eigenvalue weighted by molar-refractivity contribution is 0.123. The van der Waals surface area contributed by atoms with Gasteiger partial charge in [-0.3, -0.25) is 0 Å². The van der Waals surface area contributed by atoms with Crippen LogP contribution in [0, 0.1) is 5.82 Å². The number of aliphatic hydroxyl groups is 1. The Hall–Kier alpha value is -1.53. The highest BCUT2D eigenvalue weighted by Gasteiger charge is 2.10. The molecule has 0 bridgehead atoms. The minimum absolute atomic E-state index is 0.0539. The Balaban J connectivity index is 1.77. The Labute approximate surface area is 115 Å². The molecule has 0 saturated heterocycles. The molecule has 1 aromatic heterocycles. The normalized spacial score (nSPS) is 12.4. The maximum Gasteiger partial charge on any atom is 0.167 e. The number of para-hydroxylation sites is 1. The summed E-state index contributed by atoms with van der Waals surface area (Å²) in [6, 6.07) is 6.14. The quantitative estimate of drug-likeness (QED) is 0.824. The Morgan fingerprint density at radius 2 is 2.26 bits per heavy atom. The molecule has 102 valence electrons. The molecule has 2 rings (SSSR count). The highest BCUT2D eigenvalue weighted by Crippen LogP contribution is 2.18. The lowest BCUT2D eigenvalue weighted by Crippen LogP contribution is -2.20. The Bertz CT molecular complexity index is 533. The molecular formula is C13H15FN2O2S. The van der Waals surface area contributed by atoms with Crippen molar-refractivity contribution in [3.8, 4) is 5.75 Å². The van der Waals surface area contributed by atoms with Crippen LogP contribution in [0.15, 0.2) is 41.8 Å². The van der Waals surface area contributed by atoms with Crippen LogP contribution >= 0.6 is 11.8 Å². The summed E-state index contributed by atoms with van der Waals surface area (Å²) in [5, 5.41) is 10.6. The number of thioether (sulfide) groups is 1. The molecule has 1 atom stereocenters. The van der Waals surface area contributed by atoms with Crippen LogP contribution in [0.25, 0.3) is 0 Å². The number of rotatable bonds is 6. The van der Waals surface area contributed by atoms with Crippen LogP contribution in [0.3, 0.4) is 0 Å². The summed E-state index contributed by atoms with van der Waals surface area (Å²) >= 11 is 1.43. The summed E-state index contributed by atoms with van der Waals surface area (Å²) in [6.07, 6.45) is 2.86. The molecule has 0 aliphatic carbocycles. The van der Waals surface area contributed by atoms with Crippen LogP contribution < -0.4 is 4.74 Å². The zero-order valence-corrected chi connectivity index (χ0v) is 11.3. The van der Waals surface area contributed by atoms with Crippen molar-refractivity contribution in [2.45, 2.75) is 11.3 Å². The van der Waals surface area contributed by atoms with Crippen molar-refractivity contribution in [3.63, 3.8) is 0 Å². The molecule has 0 unspecified atom stereocenters. The number of aliphatic hydroxyl groups excluding tert-OH is 1. The van der Waals surface area contributed by atoms with Gasteiger partial charge in [0.25, 0.3) is 0 Å². The smallest absolute Gasteiger partial charge is 0.167 e. The van der Waals surface area contributed by atoms with Gasteiger partial charge in [-0.2, -0.15) is 0 Å². The van der Waals surface area contributed by atoms with Gasteiger partial charge in [-0.25, -0.2) is 9.37 Å². The van der Waals surface area contributed by atoms with E-state index in [0.29, 0.717) is 5.75 Å². The summed E-state index contributed by atoms with van der Waals surface area (Å²) in [4.78, 5) is 4.13. The van der Waals surface area contributed by atoms with E-state index >= 15 is 0 Å². The lowest BCUT2D eigenvalue weighted by Gasteiger charge is -2.12. The molecule has 2 aromatic rings. The molecule has 0 radical (unpaired) electrons. The lowest BCUT2D eigenvalue weighted by atomic mass is 10.3. The maximum atomic E-state index is 13.3. The van der Waals surface area contributed by atoms with Gasteiger partial charge in [0.1, 0.15) is 6.61 Å². The van der Waals surface area contributed by atoms with Gasteiger partial charge in [-0.05, 0) is 12.1 Å². The number of hydrogen-bond acceptors (Lipinski definition) is 4. The van der Waals surface area contributed by atoms with E-state index in [0.717, 1.165) is 5.16 Å². The second-order valence-corrected chi connectivity index (χ2v) is 5.01. The Kier molecular flexibility index (Phi) is 4.81. The fourth-order valence-electron chi connectivity index (χ4n) is 1.46. The average Bonchev–Trinajstić information content (AvgIpc) is 2.81. The van der Waals surface area contributed by atoms with E-state index in [2.05, 4.69) is 4.98 Å². The molecule has 1 aromatic carbocycles. The predicted octanol–water partition coefficient (Wildman–Crippen LogP) is 2.09. The van der Waals surface area contributed by atoms with Crippen molar-refractivity contribution in [2.75, 3.05) is 12.4 Å². The third-order valence-corrected chi connectivity index (χ3v) is 3.65. The number of ether oxygens (including phenoxy) is 1. The van der Waals surface area contributed by atoms with Gasteiger partial charge in [0, 0.05) is 25.2 Å². The van der Waals surface area contributed by atoms with Gasteiger partial charge < -0.3 is 14.4 Å². The number of halogens is 1. The summed E-state index contributed by atoms with van der Waals surface area (Å²) < 4.78 is 20.4. The fraction of sp³-hybridized carbons (Fsp3) is 0.308. The highest BCUT2D eigenvalue weighted by atomic mass is 32.2. The first-order valence-electron chi connectivity index (χ1n) is 5.82. The van der Waals surface area contributed by atoms with Crippen LogP contribution in [-0.2, 0) is 7.05 Å². The molecule has 0 aliphatic heterocycles. The van der Waals surface area contributed by atoms with Crippen LogP contribution in [0.5, 0.6) is 5.75 Å². The first kappa shape index (κ1) is 13.9. The number of aryl methyl sites for hydroxylation is 1. The topological polar surface area (TPSA) is 47.3 Å². The van der Waals surface area contributed by atoms with Crippen LogP contribution in [-0.4, -0.2) is 33.1 Å². The van der Waals surface area contributed by atoms with E-state index < -0.39 is 11.9 Å². The molecule has 0 spiro atoms. The molecule has 1 heterocycles. The average molecular weight is 282 g/mol. The second kappa shape index (κ2) is 6.58. The van der Waals surface area contributed by atoms with E-state index in [1.807, 2.05) is 17.8 Å². The molecule has 4 nitrogen and oxygen atoms in total. The largest absolute Gasteiger partial charge is 0.488 e. The minimum atomic E-state index is -0.679. The molecule has 1 N–H and O–H groups in total. The fourth-order valence-corrected chi connectivity index (χ4v) is 2.30. The van der Waals surface area contributed by atoms with Crippen molar-refractivity contribution >= 4 is 11.8 Å². The van der Waals surface area contributed by atoms with Gasteiger partial charge in [-0.15, -0.1) is 0 Å². The van der Waals surface area contributed by atoms with Gasteiger partial charge >= 0.3 is 0 Å². The SMILES string of the molecule is Cn1ccnc1SC[C@H](O)COc1ccccc1F. The van der Waals surface area contributed by atoms with Gasteiger partial charge in [0.05, 0.1) is 6.10 Å². The van der Waals surface area contributed by atoms with Crippen molar-refractivity contribution in [2.24, 2.45) is 7.05 Å². The number of aromatic nitrogens is 2. The molecule has 0 saturated carbocycles. The highest BCUT2D eigenvalue weighted by molar-refractivity contribution is 7.99. The first-order chi connectivity index (χ1) is 9.16. The number of imidazole rings is 1. The second-order valence-electron chi connectivity index (χ2n) is 4.03. The number of nitrogens with zero attached hydrogens (tertiary/aromatic N) is 2. The molecule has 0 aliphatic rings. The van der Waals surface area contributed by atoms with Gasteiger partial charge in [0.15, 0.2) is 16.7 Å².